The van der Waals surface area contributed by atoms with E-state index in [0.29, 0.717) is 11.6 Å². The highest BCUT2D eigenvalue weighted by Gasteiger charge is 2.73. The number of nitrogens with zero attached hydrogens (tertiary/aromatic N) is 2. The number of halogens is 8. The molecule has 1 rings (SSSR count). The van der Waals surface area contributed by atoms with Gasteiger partial charge in [-0.15, -0.1) is 0 Å². The number of benzene rings is 1. The van der Waals surface area contributed by atoms with E-state index in [1.165, 1.54) is 0 Å². The van der Waals surface area contributed by atoms with Crippen molar-refractivity contribution in [2.75, 3.05) is 6.61 Å². The van der Waals surface area contributed by atoms with Crippen molar-refractivity contribution in [3.63, 3.8) is 0 Å². The Morgan fingerprint density at radius 3 is 2.29 bits per heavy atom. The number of hydrogen-bond donors (Lipinski definition) is 1. The second-order valence-corrected chi connectivity index (χ2v) is 6.68. The maximum atomic E-state index is 13.1. The molecule has 1 N–H and O–H groups in total. The Bertz CT molecular complexity index is 754. The Kier molecular flexibility index (Phi) is 7.25. The van der Waals surface area contributed by atoms with Crippen molar-refractivity contribution >= 4 is 27.8 Å². The van der Waals surface area contributed by atoms with E-state index in [1.807, 2.05) is 0 Å². The van der Waals surface area contributed by atoms with Gasteiger partial charge in [0, 0.05) is 11.6 Å². The zero-order valence-electron chi connectivity index (χ0n) is 14.2. The molecule has 0 amide bonds. The number of nitro benzene ring substituents is 1. The number of ether oxygens (including phenoxy) is 1. The molecule has 158 valence electrons. The van der Waals surface area contributed by atoms with Gasteiger partial charge in [-0.25, -0.2) is 5.43 Å². The first-order valence-electron chi connectivity index (χ1n) is 7.33. The minimum atomic E-state index is -6.52. The Morgan fingerprint density at radius 2 is 1.82 bits per heavy atom. The summed E-state index contributed by atoms with van der Waals surface area (Å²) in [7, 11) is 0. The van der Waals surface area contributed by atoms with Gasteiger partial charge in [-0.05, 0) is 27.9 Å². The second kappa shape index (κ2) is 8.49. The molecule has 0 unspecified atom stereocenters. The SMILES string of the molecule is CC(C)COc1c(Br)cc(/C=N\NC(F)(F)C(F)(F)C(F)(F)F)cc1[N+](=O)[O-]. The molecule has 0 atom stereocenters. The highest BCUT2D eigenvalue weighted by atomic mass is 79.9. The van der Waals surface area contributed by atoms with Crippen molar-refractivity contribution in [3.8, 4) is 5.75 Å². The number of hydrogen-bond acceptors (Lipinski definition) is 5. The third kappa shape index (κ3) is 5.45. The molecule has 28 heavy (non-hydrogen) atoms. The van der Waals surface area contributed by atoms with Gasteiger partial charge in [0.05, 0.1) is 22.2 Å². The molecule has 0 aliphatic carbocycles. The molecule has 0 fully saturated rings. The normalized spacial score (nSPS) is 13.2. The van der Waals surface area contributed by atoms with Gasteiger partial charge in [-0.2, -0.15) is 35.8 Å². The maximum Gasteiger partial charge on any atom is 0.462 e. The maximum absolute atomic E-state index is 13.1. The predicted octanol–water partition coefficient (Wildman–Crippen LogP) is 5.11. The van der Waals surface area contributed by atoms with E-state index >= 15 is 0 Å². The average molecular weight is 484 g/mol. The lowest BCUT2D eigenvalue weighted by atomic mass is 10.2. The van der Waals surface area contributed by atoms with Crippen LogP contribution in [0.15, 0.2) is 21.7 Å². The predicted molar refractivity (Wildman–Crippen MR) is 87.8 cm³/mol. The number of rotatable bonds is 8. The fourth-order valence-corrected chi connectivity index (χ4v) is 2.22. The first-order chi connectivity index (χ1) is 12.6. The van der Waals surface area contributed by atoms with Crippen LogP contribution in [0.5, 0.6) is 5.75 Å². The molecule has 6 nitrogen and oxygen atoms in total. The van der Waals surface area contributed by atoms with Crippen molar-refractivity contribution in [1.82, 2.24) is 5.43 Å². The molecule has 0 saturated heterocycles. The van der Waals surface area contributed by atoms with Gasteiger partial charge in [-0.1, -0.05) is 13.8 Å². The zero-order valence-corrected chi connectivity index (χ0v) is 15.7. The lowest BCUT2D eigenvalue weighted by Crippen LogP contribution is -2.58. The Morgan fingerprint density at radius 1 is 1.25 bits per heavy atom. The standard InChI is InChI=1S/C14H13BrF7N3O3/c1-7(2)6-28-11-9(15)3-8(4-10(11)25(26)27)5-23-24-14(21,22)12(16,17)13(18,19)20/h3-5,7,24H,6H2,1-2H3/b23-5-. The van der Waals surface area contributed by atoms with Crippen LogP contribution in [-0.4, -0.2) is 35.9 Å². The van der Waals surface area contributed by atoms with Crippen LogP contribution in [0.1, 0.15) is 19.4 Å². The van der Waals surface area contributed by atoms with Crippen molar-refractivity contribution in [3.05, 3.63) is 32.3 Å². The summed E-state index contributed by atoms with van der Waals surface area (Å²) in [4.78, 5) is 10.3. The highest BCUT2D eigenvalue weighted by Crippen LogP contribution is 2.45. The number of nitro groups is 1. The van der Waals surface area contributed by atoms with E-state index in [-0.39, 0.29) is 28.3 Å². The third-order valence-corrected chi connectivity index (χ3v) is 3.56. The Balaban J connectivity index is 3.11. The molecular weight excluding hydrogens is 471 g/mol. The van der Waals surface area contributed by atoms with Crippen molar-refractivity contribution in [1.29, 1.82) is 0 Å². The quantitative estimate of drug-likeness (QED) is 0.183. The van der Waals surface area contributed by atoms with Crippen LogP contribution in [0.3, 0.4) is 0 Å². The van der Waals surface area contributed by atoms with E-state index in [1.54, 1.807) is 13.8 Å². The summed E-state index contributed by atoms with van der Waals surface area (Å²) in [6.45, 7) is 3.68. The molecule has 0 bridgehead atoms. The minimum absolute atomic E-state index is 0.0227. The molecule has 14 heteroatoms. The third-order valence-electron chi connectivity index (χ3n) is 2.97. The van der Waals surface area contributed by atoms with Gasteiger partial charge in [-0.3, -0.25) is 10.1 Å². The smallest absolute Gasteiger partial charge is 0.462 e. The zero-order chi connectivity index (χ0) is 21.9. The van der Waals surface area contributed by atoms with Crippen LogP contribution < -0.4 is 10.2 Å². The monoisotopic (exact) mass is 483 g/mol. The first kappa shape index (κ1) is 23.9. The van der Waals surface area contributed by atoms with Crippen LogP contribution in [0, 0.1) is 16.0 Å². The highest BCUT2D eigenvalue weighted by molar-refractivity contribution is 9.10. The Hall–Kier alpha value is -2.12. The van der Waals surface area contributed by atoms with Crippen molar-refractivity contribution < 1.29 is 40.4 Å². The summed E-state index contributed by atoms with van der Waals surface area (Å²) >= 11 is 2.98. The van der Waals surface area contributed by atoms with E-state index in [0.717, 1.165) is 12.1 Å². The fraction of sp³-hybridized carbons (Fsp3) is 0.500. The second-order valence-electron chi connectivity index (χ2n) is 5.83. The number of hydrazone groups is 1. The average Bonchev–Trinajstić information content (AvgIpc) is 2.51. The summed E-state index contributed by atoms with van der Waals surface area (Å²) in [6.07, 6.45) is -6.10. The summed E-state index contributed by atoms with van der Waals surface area (Å²) in [5.74, 6) is -6.54. The summed E-state index contributed by atoms with van der Waals surface area (Å²) in [5, 5.41) is 13.8. The molecule has 0 spiro atoms. The lowest BCUT2D eigenvalue weighted by molar-refractivity contribution is -0.386. The number of alkyl halides is 7. The lowest BCUT2D eigenvalue weighted by Gasteiger charge is -2.27. The molecule has 1 aromatic rings. The van der Waals surface area contributed by atoms with E-state index in [2.05, 4.69) is 21.0 Å². The van der Waals surface area contributed by atoms with Crippen LogP contribution in [0.4, 0.5) is 36.4 Å². The van der Waals surface area contributed by atoms with E-state index in [9.17, 15) is 40.8 Å². The molecule has 0 aliphatic heterocycles. The van der Waals surface area contributed by atoms with Crippen molar-refractivity contribution in [2.45, 2.75) is 32.0 Å². The van der Waals surface area contributed by atoms with Gasteiger partial charge in [0.25, 0.3) is 0 Å². The summed E-state index contributed by atoms with van der Waals surface area (Å²) < 4.78 is 93.1. The van der Waals surface area contributed by atoms with Gasteiger partial charge >= 0.3 is 23.8 Å². The molecule has 0 aromatic heterocycles. The summed E-state index contributed by atoms with van der Waals surface area (Å²) in [6, 6.07) is -3.80. The summed E-state index contributed by atoms with van der Waals surface area (Å²) in [5.41, 5.74) is -0.408. The molecular formula is C14H13BrF7N3O3. The van der Waals surface area contributed by atoms with Gasteiger partial charge in [0.2, 0.25) is 5.75 Å². The van der Waals surface area contributed by atoms with Gasteiger partial charge in [0.1, 0.15) is 0 Å². The minimum Gasteiger partial charge on any atom is -0.486 e. The molecule has 0 heterocycles. The largest absolute Gasteiger partial charge is 0.486 e. The fourth-order valence-electron chi connectivity index (χ4n) is 1.64. The molecule has 0 radical (unpaired) electrons. The molecule has 0 aliphatic rings. The Labute approximate surface area is 162 Å². The van der Waals surface area contributed by atoms with Crippen molar-refractivity contribution in [2.24, 2.45) is 11.0 Å². The first-order valence-corrected chi connectivity index (χ1v) is 8.12. The topological polar surface area (TPSA) is 76.8 Å². The van der Waals surface area contributed by atoms with Gasteiger partial charge < -0.3 is 4.74 Å². The molecule has 1 aromatic carbocycles. The van der Waals surface area contributed by atoms with Gasteiger partial charge in [0.15, 0.2) is 0 Å². The molecule has 0 saturated carbocycles. The number of nitrogens with one attached hydrogen (secondary N) is 1. The van der Waals surface area contributed by atoms with Crippen LogP contribution in [0.25, 0.3) is 0 Å². The van der Waals surface area contributed by atoms with E-state index < -0.39 is 28.8 Å². The van der Waals surface area contributed by atoms with E-state index in [4.69, 9.17) is 4.74 Å². The van der Waals surface area contributed by atoms with Crippen LogP contribution in [0.2, 0.25) is 0 Å². The van der Waals surface area contributed by atoms with Crippen LogP contribution >= 0.6 is 15.9 Å². The van der Waals surface area contributed by atoms with Crippen LogP contribution in [-0.2, 0) is 0 Å².